The molecule has 19 heavy (non-hydrogen) atoms. The lowest BCUT2D eigenvalue weighted by Gasteiger charge is -2.10. The zero-order valence-electron chi connectivity index (χ0n) is 10.8. The van der Waals surface area contributed by atoms with Gasteiger partial charge in [0.05, 0.1) is 5.69 Å². The molecule has 0 aliphatic carbocycles. The third-order valence-electron chi connectivity index (χ3n) is 2.34. The van der Waals surface area contributed by atoms with Crippen LogP contribution < -0.4 is 11.1 Å². The van der Waals surface area contributed by atoms with E-state index in [9.17, 15) is 4.79 Å². The van der Waals surface area contributed by atoms with Gasteiger partial charge in [-0.3, -0.25) is 4.79 Å². The minimum atomic E-state index is -0.235. The van der Waals surface area contributed by atoms with Crippen molar-refractivity contribution in [2.75, 3.05) is 32.2 Å². The second-order valence-corrected chi connectivity index (χ2v) is 4.30. The summed E-state index contributed by atoms with van der Waals surface area (Å²) in [6, 6.07) is 7.12. The zero-order valence-corrected chi connectivity index (χ0v) is 11.7. The Bertz CT molecular complexity index is 438. The molecule has 1 aromatic carbocycles. The lowest BCUT2D eigenvalue weighted by atomic mass is 10.2. The van der Waals surface area contributed by atoms with Gasteiger partial charge in [0.25, 0.3) is 0 Å². The van der Waals surface area contributed by atoms with Crippen LogP contribution in [0.4, 0.5) is 5.69 Å². The van der Waals surface area contributed by atoms with Crippen LogP contribution in [-0.2, 0) is 14.3 Å². The highest BCUT2D eigenvalue weighted by Gasteiger charge is 2.08. The molecule has 0 aliphatic rings. The minimum Gasteiger partial charge on any atom is -0.389 e. The summed E-state index contributed by atoms with van der Waals surface area (Å²) in [5.74, 6) is -0.235. The van der Waals surface area contributed by atoms with Crippen molar-refractivity contribution in [3.8, 4) is 0 Å². The van der Waals surface area contributed by atoms with Crippen molar-refractivity contribution in [1.29, 1.82) is 0 Å². The van der Waals surface area contributed by atoms with Gasteiger partial charge in [0.2, 0.25) is 5.91 Å². The first-order chi connectivity index (χ1) is 9.15. The van der Waals surface area contributed by atoms with Crippen LogP contribution in [0, 0.1) is 0 Å². The first kappa shape index (κ1) is 15.6. The molecule has 6 heteroatoms. The van der Waals surface area contributed by atoms with Crippen LogP contribution in [0.5, 0.6) is 0 Å². The molecule has 0 radical (unpaired) electrons. The van der Waals surface area contributed by atoms with Crippen molar-refractivity contribution in [2.45, 2.75) is 6.42 Å². The summed E-state index contributed by atoms with van der Waals surface area (Å²) in [6.45, 7) is 1.10. The van der Waals surface area contributed by atoms with Gasteiger partial charge in [0.15, 0.2) is 0 Å². The van der Waals surface area contributed by atoms with Crippen molar-refractivity contribution in [2.24, 2.45) is 5.73 Å². The van der Waals surface area contributed by atoms with E-state index in [0.29, 0.717) is 24.5 Å². The molecule has 0 unspecified atom stereocenters. The summed E-state index contributed by atoms with van der Waals surface area (Å²) in [4.78, 5) is 11.9. The van der Waals surface area contributed by atoms with Crippen LogP contribution in [0.3, 0.4) is 0 Å². The number of hydrogen-bond acceptors (Lipinski definition) is 4. The molecular formula is C13H18N2O3S. The molecule has 0 heterocycles. The van der Waals surface area contributed by atoms with Gasteiger partial charge in [-0.2, -0.15) is 0 Å². The van der Waals surface area contributed by atoms with Crippen LogP contribution in [0.1, 0.15) is 12.0 Å². The van der Waals surface area contributed by atoms with Crippen molar-refractivity contribution in [1.82, 2.24) is 0 Å². The Morgan fingerprint density at radius 1 is 1.37 bits per heavy atom. The van der Waals surface area contributed by atoms with Crippen molar-refractivity contribution in [3.63, 3.8) is 0 Å². The summed E-state index contributed by atoms with van der Waals surface area (Å²) < 4.78 is 10.1. The van der Waals surface area contributed by atoms with E-state index in [1.54, 1.807) is 25.3 Å². The monoisotopic (exact) mass is 282 g/mol. The first-order valence-corrected chi connectivity index (χ1v) is 6.31. The fourth-order valence-electron chi connectivity index (χ4n) is 1.46. The Hall–Kier alpha value is -1.50. The second kappa shape index (κ2) is 8.58. The van der Waals surface area contributed by atoms with E-state index < -0.39 is 0 Å². The molecule has 0 bridgehead atoms. The summed E-state index contributed by atoms with van der Waals surface area (Å²) in [5.41, 5.74) is 6.82. The Morgan fingerprint density at radius 3 is 2.79 bits per heavy atom. The van der Waals surface area contributed by atoms with Crippen LogP contribution >= 0.6 is 12.2 Å². The molecule has 0 aromatic heterocycles. The molecule has 1 amide bonds. The van der Waals surface area contributed by atoms with E-state index in [4.69, 9.17) is 27.4 Å². The quantitative estimate of drug-likeness (QED) is 0.555. The van der Waals surface area contributed by atoms with Crippen molar-refractivity contribution < 1.29 is 14.3 Å². The number of methoxy groups -OCH3 is 1. The van der Waals surface area contributed by atoms with Gasteiger partial charge < -0.3 is 20.5 Å². The number of thiocarbonyl (C=S) groups is 1. The Kier molecular flexibility index (Phi) is 7.02. The molecule has 0 aliphatic heterocycles. The van der Waals surface area contributed by atoms with Crippen LogP contribution in [0.25, 0.3) is 0 Å². The number of carbonyl (C=O) groups is 1. The van der Waals surface area contributed by atoms with Gasteiger partial charge in [-0.05, 0) is 18.6 Å². The number of carbonyl (C=O) groups excluding carboxylic acids is 1. The van der Waals surface area contributed by atoms with Crippen LogP contribution in [0.15, 0.2) is 24.3 Å². The smallest absolute Gasteiger partial charge is 0.250 e. The van der Waals surface area contributed by atoms with Crippen molar-refractivity contribution >= 4 is 28.8 Å². The molecular weight excluding hydrogens is 264 g/mol. The number of nitrogens with one attached hydrogen (secondary N) is 1. The average Bonchev–Trinajstić information content (AvgIpc) is 2.39. The van der Waals surface area contributed by atoms with Gasteiger partial charge in [-0.15, -0.1) is 0 Å². The maximum absolute atomic E-state index is 11.7. The number of amides is 1. The van der Waals surface area contributed by atoms with Gasteiger partial charge >= 0.3 is 0 Å². The molecule has 3 N–H and O–H groups in total. The third kappa shape index (κ3) is 5.78. The largest absolute Gasteiger partial charge is 0.389 e. The molecule has 5 nitrogen and oxygen atoms in total. The lowest BCUT2D eigenvalue weighted by molar-refractivity contribution is -0.120. The van der Waals surface area contributed by atoms with Gasteiger partial charge in [0, 0.05) is 25.9 Å². The molecule has 1 rings (SSSR count). The number of anilines is 1. The normalized spacial score (nSPS) is 10.2. The predicted molar refractivity (Wildman–Crippen MR) is 78.3 cm³/mol. The lowest BCUT2D eigenvalue weighted by Crippen LogP contribution is -2.21. The van der Waals surface area contributed by atoms with Gasteiger partial charge in [-0.1, -0.05) is 24.4 Å². The average molecular weight is 282 g/mol. The SMILES string of the molecule is COCCCOCC(=O)Nc1ccccc1C(N)=S. The molecule has 0 saturated heterocycles. The number of para-hydroxylation sites is 1. The van der Waals surface area contributed by atoms with E-state index in [2.05, 4.69) is 5.32 Å². The summed E-state index contributed by atoms with van der Waals surface area (Å²) >= 11 is 4.92. The number of benzene rings is 1. The Labute approximate surface area is 118 Å². The highest BCUT2D eigenvalue weighted by molar-refractivity contribution is 7.80. The highest BCUT2D eigenvalue weighted by atomic mass is 32.1. The van der Waals surface area contributed by atoms with Gasteiger partial charge in [0.1, 0.15) is 11.6 Å². The minimum absolute atomic E-state index is 0.00458. The number of nitrogens with two attached hydrogens (primary N) is 1. The van der Waals surface area contributed by atoms with Gasteiger partial charge in [-0.25, -0.2) is 0 Å². The Morgan fingerprint density at radius 2 is 2.11 bits per heavy atom. The van der Waals surface area contributed by atoms with E-state index in [1.807, 2.05) is 6.07 Å². The summed E-state index contributed by atoms with van der Waals surface area (Å²) in [5, 5.41) is 2.72. The summed E-state index contributed by atoms with van der Waals surface area (Å²) in [6.07, 6.45) is 0.757. The number of hydrogen-bond donors (Lipinski definition) is 2. The second-order valence-electron chi connectivity index (χ2n) is 3.86. The molecule has 1 aromatic rings. The standard InChI is InChI=1S/C13H18N2O3S/c1-17-7-4-8-18-9-12(16)15-11-6-3-2-5-10(11)13(14)19/h2-3,5-6H,4,7-9H2,1H3,(H2,14,19)(H,15,16). The van der Waals surface area contributed by atoms with Crippen molar-refractivity contribution in [3.05, 3.63) is 29.8 Å². The molecule has 104 valence electrons. The van der Waals surface area contributed by atoms with Crippen LogP contribution in [0.2, 0.25) is 0 Å². The van der Waals surface area contributed by atoms with E-state index in [0.717, 1.165) is 6.42 Å². The van der Waals surface area contributed by atoms with Crippen LogP contribution in [-0.4, -0.2) is 37.8 Å². The zero-order chi connectivity index (χ0) is 14.1. The fraction of sp³-hybridized carbons (Fsp3) is 0.385. The summed E-state index contributed by atoms with van der Waals surface area (Å²) in [7, 11) is 1.62. The third-order valence-corrected chi connectivity index (χ3v) is 2.56. The number of rotatable bonds is 8. The number of ether oxygens (including phenoxy) is 2. The Balaban J connectivity index is 2.42. The van der Waals surface area contributed by atoms with E-state index in [-0.39, 0.29) is 17.5 Å². The van der Waals surface area contributed by atoms with E-state index >= 15 is 0 Å². The van der Waals surface area contributed by atoms with E-state index in [1.165, 1.54) is 0 Å². The highest BCUT2D eigenvalue weighted by Crippen LogP contribution is 2.14. The molecule has 0 atom stereocenters. The molecule has 0 fully saturated rings. The molecule has 0 saturated carbocycles. The molecule has 0 spiro atoms. The maximum atomic E-state index is 11.7. The maximum Gasteiger partial charge on any atom is 0.250 e. The fourth-order valence-corrected chi connectivity index (χ4v) is 1.64. The predicted octanol–water partition coefficient (Wildman–Crippen LogP) is 1.31. The topological polar surface area (TPSA) is 73.6 Å². The first-order valence-electron chi connectivity index (χ1n) is 5.90.